The first-order valence-corrected chi connectivity index (χ1v) is 14.7. The van der Waals surface area contributed by atoms with Gasteiger partial charge in [0.25, 0.3) is 0 Å². The lowest BCUT2D eigenvalue weighted by Gasteiger charge is -2.32. The van der Waals surface area contributed by atoms with Crippen molar-refractivity contribution >= 4 is 24.6 Å². The average molecular weight is 573 g/mol. The van der Waals surface area contributed by atoms with E-state index in [0.717, 1.165) is 46.5 Å². The Morgan fingerprint density at radius 2 is 1.57 bits per heavy atom. The van der Waals surface area contributed by atoms with Gasteiger partial charge in [-0.05, 0) is 68.6 Å². The molecule has 3 heterocycles. The zero-order valence-electron chi connectivity index (χ0n) is 25.6. The Hall–Kier alpha value is -3.63. The molecule has 10 heteroatoms. The van der Waals surface area contributed by atoms with E-state index in [1.807, 2.05) is 24.9 Å². The summed E-state index contributed by atoms with van der Waals surface area (Å²) in [6, 6.07) is 15.8. The maximum atomic E-state index is 13.4. The zero-order valence-corrected chi connectivity index (χ0v) is 25.6. The highest BCUT2D eigenvalue weighted by molar-refractivity contribution is 6.62. The molecule has 2 unspecified atom stereocenters. The summed E-state index contributed by atoms with van der Waals surface area (Å²) in [6.45, 7) is 12.7. The van der Waals surface area contributed by atoms with Gasteiger partial charge in [0, 0.05) is 6.54 Å². The largest absolute Gasteiger partial charge is 0.494 e. The summed E-state index contributed by atoms with van der Waals surface area (Å²) in [7, 11) is 0.915. The summed E-state index contributed by atoms with van der Waals surface area (Å²) < 4.78 is 17.1. The molecule has 3 aromatic rings. The van der Waals surface area contributed by atoms with E-state index in [1.165, 1.54) is 7.11 Å². The third-order valence-electron chi connectivity index (χ3n) is 8.80. The smallest absolute Gasteiger partial charge is 0.453 e. The molecule has 42 heavy (non-hydrogen) atoms. The third kappa shape index (κ3) is 5.83. The van der Waals surface area contributed by atoms with E-state index in [9.17, 15) is 9.59 Å². The molecule has 222 valence electrons. The number of benzene rings is 2. The second-order valence-electron chi connectivity index (χ2n) is 12.5. The van der Waals surface area contributed by atoms with E-state index < -0.39 is 12.1 Å². The number of alkyl carbamates (subject to hydrolysis) is 1. The standard InChI is InChI=1S/C32H41BN4O5/c1-20(2)27(36-30(39)40-7)29(38)37-18-8-9-26(37)28-34-19-25(35-28)23-12-10-21(11-13-23)22-14-16-24(17-15-22)33-41-31(3,4)32(5,6)42-33/h10-17,19-20,26-27H,8-9,18H2,1-7H3,(H,34,35)(H,36,39). The summed E-state index contributed by atoms with van der Waals surface area (Å²) in [5, 5.41) is 2.69. The predicted molar refractivity (Wildman–Crippen MR) is 163 cm³/mol. The van der Waals surface area contributed by atoms with Crippen molar-refractivity contribution in [2.24, 2.45) is 5.92 Å². The topological polar surface area (TPSA) is 106 Å². The van der Waals surface area contributed by atoms with Gasteiger partial charge in [-0.3, -0.25) is 4.79 Å². The van der Waals surface area contributed by atoms with E-state index in [4.69, 9.17) is 14.0 Å². The van der Waals surface area contributed by atoms with Gasteiger partial charge in [0.05, 0.1) is 36.2 Å². The van der Waals surface area contributed by atoms with Crippen molar-refractivity contribution in [1.82, 2.24) is 20.2 Å². The highest BCUT2D eigenvalue weighted by Crippen LogP contribution is 2.37. The fraction of sp³-hybridized carbons (Fsp3) is 0.469. The molecule has 2 fully saturated rings. The molecule has 9 nitrogen and oxygen atoms in total. The summed E-state index contributed by atoms with van der Waals surface area (Å²) in [5.41, 5.74) is 4.36. The van der Waals surface area contributed by atoms with Crippen LogP contribution in [0.3, 0.4) is 0 Å². The molecular weight excluding hydrogens is 531 g/mol. The normalized spacial score (nSPS) is 20.1. The highest BCUT2D eigenvalue weighted by Gasteiger charge is 2.51. The number of ether oxygens (including phenoxy) is 1. The number of carbonyl (C=O) groups is 2. The summed E-state index contributed by atoms with van der Waals surface area (Å²) in [5.74, 6) is 0.548. The second kappa shape index (κ2) is 11.6. The van der Waals surface area contributed by atoms with Crippen LogP contribution in [0.1, 0.15) is 66.3 Å². The molecule has 0 radical (unpaired) electrons. The number of nitrogens with zero attached hydrogens (tertiary/aromatic N) is 2. The van der Waals surface area contributed by atoms with Gasteiger partial charge >= 0.3 is 13.2 Å². The molecule has 2 atom stereocenters. The minimum atomic E-state index is -0.661. The van der Waals surface area contributed by atoms with Crippen LogP contribution in [0.4, 0.5) is 4.79 Å². The van der Waals surface area contributed by atoms with E-state index >= 15 is 0 Å². The number of imidazole rings is 1. The van der Waals surface area contributed by atoms with Crippen LogP contribution < -0.4 is 10.8 Å². The number of methoxy groups -OCH3 is 1. The van der Waals surface area contributed by atoms with Crippen molar-refractivity contribution in [3.8, 4) is 22.4 Å². The van der Waals surface area contributed by atoms with Gasteiger partial charge < -0.3 is 29.2 Å². The van der Waals surface area contributed by atoms with Crippen LogP contribution in [-0.2, 0) is 18.8 Å². The highest BCUT2D eigenvalue weighted by atomic mass is 16.7. The Kier molecular flexibility index (Phi) is 8.22. The number of carbonyl (C=O) groups excluding carboxylic acids is 2. The van der Waals surface area contributed by atoms with Crippen molar-refractivity contribution in [1.29, 1.82) is 0 Å². The second-order valence-corrected chi connectivity index (χ2v) is 12.5. The monoisotopic (exact) mass is 572 g/mol. The predicted octanol–water partition coefficient (Wildman–Crippen LogP) is 5.09. The maximum Gasteiger partial charge on any atom is 0.494 e. The minimum Gasteiger partial charge on any atom is -0.453 e. The first kappa shape index (κ1) is 29.9. The summed E-state index contributed by atoms with van der Waals surface area (Å²) in [6.07, 6.45) is 2.89. The minimum absolute atomic E-state index is 0.0802. The van der Waals surface area contributed by atoms with Crippen LogP contribution >= 0.6 is 0 Å². The zero-order chi connectivity index (χ0) is 30.2. The Morgan fingerprint density at radius 1 is 1.00 bits per heavy atom. The number of H-pyrrole nitrogens is 1. The van der Waals surface area contributed by atoms with Gasteiger partial charge in [-0.25, -0.2) is 9.78 Å². The van der Waals surface area contributed by atoms with Gasteiger partial charge in [-0.15, -0.1) is 0 Å². The van der Waals surface area contributed by atoms with Crippen molar-refractivity contribution in [3.63, 3.8) is 0 Å². The number of nitrogens with one attached hydrogen (secondary N) is 2. The molecule has 2 saturated heterocycles. The Bertz CT molecular complexity index is 1400. The lowest BCUT2D eigenvalue weighted by atomic mass is 9.78. The lowest BCUT2D eigenvalue weighted by molar-refractivity contribution is -0.135. The van der Waals surface area contributed by atoms with Crippen LogP contribution in [0.15, 0.2) is 54.7 Å². The molecule has 2 N–H and O–H groups in total. The molecule has 2 aliphatic heterocycles. The Morgan fingerprint density at radius 3 is 2.14 bits per heavy atom. The number of aromatic nitrogens is 2. The molecule has 1 aromatic heterocycles. The lowest BCUT2D eigenvalue weighted by Crippen LogP contribution is -2.51. The van der Waals surface area contributed by atoms with Gasteiger partial charge in [-0.1, -0.05) is 62.4 Å². The summed E-state index contributed by atoms with van der Waals surface area (Å²) >= 11 is 0. The Balaban J connectivity index is 1.27. The van der Waals surface area contributed by atoms with E-state index in [0.29, 0.717) is 6.54 Å². The SMILES string of the molecule is COC(=O)NC(C(=O)N1CCCC1c1ncc(-c2ccc(-c3ccc(B4OC(C)(C)C(C)(C)O4)cc3)cc2)[nH]1)C(C)C. The van der Waals surface area contributed by atoms with Crippen molar-refractivity contribution in [2.45, 2.75) is 77.7 Å². The number of likely N-dealkylation sites (tertiary alicyclic amines) is 1. The number of aromatic amines is 1. The van der Waals surface area contributed by atoms with E-state index in [-0.39, 0.29) is 36.2 Å². The average Bonchev–Trinajstić information content (AvgIpc) is 3.69. The molecule has 0 bridgehead atoms. The van der Waals surface area contributed by atoms with E-state index in [1.54, 1.807) is 0 Å². The van der Waals surface area contributed by atoms with Gasteiger partial charge in [0.1, 0.15) is 11.9 Å². The van der Waals surface area contributed by atoms with Crippen LogP contribution in [0.5, 0.6) is 0 Å². The number of hydrogen-bond donors (Lipinski definition) is 2. The first-order valence-electron chi connectivity index (χ1n) is 14.7. The number of hydrogen-bond acceptors (Lipinski definition) is 6. The van der Waals surface area contributed by atoms with Crippen molar-refractivity contribution < 1.29 is 23.6 Å². The molecular formula is C32H41BN4O5. The van der Waals surface area contributed by atoms with Gasteiger partial charge in [-0.2, -0.15) is 0 Å². The van der Waals surface area contributed by atoms with Crippen LogP contribution in [0.25, 0.3) is 22.4 Å². The van der Waals surface area contributed by atoms with E-state index in [2.05, 4.69) is 91.5 Å². The van der Waals surface area contributed by atoms with Gasteiger partial charge in [0.15, 0.2) is 0 Å². The van der Waals surface area contributed by atoms with Crippen molar-refractivity contribution in [2.75, 3.05) is 13.7 Å². The molecule has 0 saturated carbocycles. The number of rotatable bonds is 7. The molecule has 2 aliphatic rings. The summed E-state index contributed by atoms with van der Waals surface area (Å²) in [4.78, 5) is 35.2. The molecule has 2 amide bonds. The Labute approximate surface area is 248 Å². The van der Waals surface area contributed by atoms with Gasteiger partial charge in [0.2, 0.25) is 5.91 Å². The molecule has 2 aromatic carbocycles. The fourth-order valence-corrected chi connectivity index (χ4v) is 5.50. The van der Waals surface area contributed by atoms with Crippen LogP contribution in [0.2, 0.25) is 0 Å². The molecule has 0 spiro atoms. The number of amides is 2. The van der Waals surface area contributed by atoms with Crippen molar-refractivity contribution in [3.05, 3.63) is 60.6 Å². The first-order chi connectivity index (χ1) is 19.9. The molecule has 5 rings (SSSR count). The van der Waals surface area contributed by atoms with Crippen LogP contribution in [0, 0.1) is 5.92 Å². The fourth-order valence-electron chi connectivity index (χ4n) is 5.50. The van der Waals surface area contributed by atoms with Crippen LogP contribution in [-0.4, -0.2) is 64.9 Å². The molecule has 0 aliphatic carbocycles. The maximum absolute atomic E-state index is 13.4. The quantitative estimate of drug-likeness (QED) is 0.383. The third-order valence-corrected chi connectivity index (χ3v) is 8.80.